The Labute approximate surface area is 272 Å². The SMILES string of the molecule is Cc1c([C@H]2C[C@@](CC=O)(OC(N)=O)CCN2C(=O)N(C)[C@H](C)c2cc(C(F)(F)F)cc(C(F)(F)F)c2)ccc(Cc2ccccc2)c1F. The highest BCUT2D eigenvalue weighted by molar-refractivity contribution is 5.76. The first-order chi connectivity index (χ1) is 22.4. The largest absolute Gasteiger partial charge is 0.442 e. The zero-order valence-electron chi connectivity index (χ0n) is 26.3. The number of hydrogen-bond acceptors (Lipinski definition) is 4. The van der Waals surface area contributed by atoms with Crippen LogP contribution in [0.3, 0.4) is 0 Å². The van der Waals surface area contributed by atoms with Crippen molar-refractivity contribution in [1.29, 1.82) is 0 Å². The molecule has 2 N–H and O–H groups in total. The molecule has 1 fully saturated rings. The average Bonchev–Trinajstić information content (AvgIpc) is 3.01. The van der Waals surface area contributed by atoms with E-state index in [1.165, 1.54) is 25.8 Å². The second kappa shape index (κ2) is 13.9. The number of piperidine rings is 1. The average molecular weight is 682 g/mol. The Morgan fingerprint density at radius 1 is 1.04 bits per heavy atom. The summed E-state index contributed by atoms with van der Waals surface area (Å²) in [6.07, 6.45) is -11.1. The molecule has 1 saturated heterocycles. The van der Waals surface area contributed by atoms with Crippen molar-refractivity contribution < 1.29 is 49.9 Å². The van der Waals surface area contributed by atoms with Crippen molar-refractivity contribution in [2.45, 2.75) is 69.6 Å². The smallest absolute Gasteiger partial charge is 0.416 e. The van der Waals surface area contributed by atoms with Gasteiger partial charge in [0.15, 0.2) is 0 Å². The first-order valence-electron chi connectivity index (χ1n) is 14.9. The molecule has 1 aliphatic heterocycles. The van der Waals surface area contributed by atoms with Gasteiger partial charge in [-0.2, -0.15) is 26.3 Å². The fourth-order valence-electron chi connectivity index (χ4n) is 6.12. The van der Waals surface area contributed by atoms with Crippen LogP contribution in [0.2, 0.25) is 0 Å². The van der Waals surface area contributed by atoms with Crippen molar-refractivity contribution in [1.82, 2.24) is 9.80 Å². The van der Waals surface area contributed by atoms with Crippen LogP contribution in [-0.4, -0.2) is 47.4 Å². The van der Waals surface area contributed by atoms with Crippen LogP contribution in [0.5, 0.6) is 0 Å². The summed E-state index contributed by atoms with van der Waals surface area (Å²) in [5, 5.41) is 0. The zero-order chi connectivity index (χ0) is 35.6. The predicted octanol–water partition coefficient (Wildman–Crippen LogP) is 8.14. The molecule has 258 valence electrons. The Hall–Kier alpha value is -4.62. The molecule has 7 nitrogen and oxygen atoms in total. The van der Waals surface area contributed by atoms with E-state index in [4.69, 9.17) is 10.5 Å². The number of rotatable bonds is 8. The van der Waals surface area contributed by atoms with Crippen molar-refractivity contribution in [3.8, 4) is 0 Å². The Balaban J connectivity index is 1.75. The highest BCUT2D eigenvalue weighted by atomic mass is 19.4. The molecule has 1 heterocycles. The number of alkyl halides is 6. The lowest BCUT2D eigenvalue weighted by Gasteiger charge is -2.47. The van der Waals surface area contributed by atoms with E-state index < -0.39 is 64.7 Å². The lowest BCUT2D eigenvalue weighted by molar-refractivity contribution is -0.143. The summed E-state index contributed by atoms with van der Waals surface area (Å²) in [5.74, 6) is -0.559. The van der Waals surface area contributed by atoms with Crippen LogP contribution in [0.15, 0.2) is 60.7 Å². The topological polar surface area (TPSA) is 92.9 Å². The number of nitrogens with zero attached hydrogens (tertiary/aromatic N) is 2. The van der Waals surface area contributed by atoms with Crippen LogP contribution < -0.4 is 5.73 Å². The van der Waals surface area contributed by atoms with Crippen molar-refractivity contribution in [3.05, 3.63) is 105 Å². The number of urea groups is 1. The molecule has 48 heavy (non-hydrogen) atoms. The van der Waals surface area contributed by atoms with Gasteiger partial charge in [0.1, 0.15) is 17.7 Å². The number of likely N-dealkylation sites (tertiary alicyclic amines) is 1. The van der Waals surface area contributed by atoms with Gasteiger partial charge in [-0.05, 0) is 59.9 Å². The van der Waals surface area contributed by atoms with Crippen LogP contribution >= 0.6 is 0 Å². The summed E-state index contributed by atoms with van der Waals surface area (Å²) in [5.41, 5.74) is 2.05. The third-order valence-electron chi connectivity index (χ3n) is 8.85. The van der Waals surface area contributed by atoms with E-state index >= 15 is 4.39 Å². The second-order valence-electron chi connectivity index (χ2n) is 12.0. The number of benzene rings is 3. The lowest BCUT2D eigenvalue weighted by Crippen LogP contribution is -2.54. The van der Waals surface area contributed by atoms with Gasteiger partial charge >= 0.3 is 24.5 Å². The summed E-state index contributed by atoms with van der Waals surface area (Å²) in [7, 11) is 1.22. The third-order valence-corrected chi connectivity index (χ3v) is 8.85. The summed E-state index contributed by atoms with van der Waals surface area (Å²) in [6.45, 7) is 2.61. The molecule has 0 aliphatic carbocycles. The molecular weight excluding hydrogens is 647 g/mol. The van der Waals surface area contributed by atoms with Gasteiger partial charge in [-0.25, -0.2) is 14.0 Å². The number of amides is 3. The Morgan fingerprint density at radius 2 is 1.65 bits per heavy atom. The predicted molar refractivity (Wildman–Crippen MR) is 161 cm³/mol. The van der Waals surface area contributed by atoms with Crippen LogP contribution in [0, 0.1) is 12.7 Å². The fraction of sp³-hybridized carbons (Fsp3) is 0.382. The van der Waals surface area contributed by atoms with Gasteiger partial charge in [0.2, 0.25) is 0 Å². The summed E-state index contributed by atoms with van der Waals surface area (Å²) < 4.78 is 103. The van der Waals surface area contributed by atoms with E-state index in [1.54, 1.807) is 12.1 Å². The second-order valence-corrected chi connectivity index (χ2v) is 12.0. The molecular formula is C34H34F7N3O4. The minimum atomic E-state index is -5.09. The number of primary amides is 1. The maximum Gasteiger partial charge on any atom is 0.416 e. The van der Waals surface area contributed by atoms with Crippen LogP contribution in [0.25, 0.3) is 0 Å². The summed E-state index contributed by atoms with van der Waals surface area (Å²) in [6, 6.07) is 10.3. The molecule has 14 heteroatoms. The maximum atomic E-state index is 15.9. The highest BCUT2D eigenvalue weighted by Crippen LogP contribution is 2.44. The van der Waals surface area contributed by atoms with Gasteiger partial charge in [0, 0.05) is 39.3 Å². The monoisotopic (exact) mass is 681 g/mol. The van der Waals surface area contributed by atoms with E-state index in [9.17, 15) is 40.7 Å². The molecule has 3 atom stereocenters. The van der Waals surface area contributed by atoms with E-state index in [0.29, 0.717) is 29.5 Å². The first kappa shape index (κ1) is 36.2. The van der Waals surface area contributed by atoms with E-state index in [0.717, 1.165) is 10.5 Å². The number of aldehydes is 1. The molecule has 0 saturated carbocycles. The molecule has 3 amide bonds. The first-order valence-corrected chi connectivity index (χ1v) is 14.9. The normalized spacial score (nSPS) is 19.0. The van der Waals surface area contributed by atoms with Crippen LogP contribution in [0.4, 0.5) is 40.3 Å². The minimum Gasteiger partial charge on any atom is -0.442 e. The molecule has 0 aromatic heterocycles. The van der Waals surface area contributed by atoms with Gasteiger partial charge in [-0.15, -0.1) is 0 Å². The van der Waals surface area contributed by atoms with Crippen molar-refractivity contribution >= 4 is 18.4 Å². The van der Waals surface area contributed by atoms with Crippen molar-refractivity contribution in [2.75, 3.05) is 13.6 Å². The van der Waals surface area contributed by atoms with Crippen LogP contribution in [0.1, 0.15) is 77.2 Å². The fourth-order valence-corrected chi connectivity index (χ4v) is 6.12. The Kier molecular flexibility index (Phi) is 10.5. The number of nitrogens with two attached hydrogens (primary N) is 1. The summed E-state index contributed by atoms with van der Waals surface area (Å²) in [4.78, 5) is 39.9. The van der Waals surface area contributed by atoms with Gasteiger partial charge in [0.05, 0.1) is 23.2 Å². The lowest BCUT2D eigenvalue weighted by atomic mass is 9.80. The van der Waals surface area contributed by atoms with Gasteiger partial charge in [-0.3, -0.25) is 0 Å². The van der Waals surface area contributed by atoms with E-state index in [-0.39, 0.29) is 43.9 Å². The Bertz CT molecular complexity index is 1630. The molecule has 3 aromatic carbocycles. The van der Waals surface area contributed by atoms with Crippen molar-refractivity contribution in [2.24, 2.45) is 5.73 Å². The molecule has 0 spiro atoms. The number of halogens is 7. The summed E-state index contributed by atoms with van der Waals surface area (Å²) >= 11 is 0. The molecule has 1 aliphatic rings. The number of ether oxygens (including phenoxy) is 1. The quantitative estimate of drug-likeness (QED) is 0.192. The Morgan fingerprint density at radius 3 is 2.19 bits per heavy atom. The zero-order valence-corrected chi connectivity index (χ0v) is 26.3. The van der Waals surface area contributed by atoms with Gasteiger partial charge in [-0.1, -0.05) is 42.5 Å². The van der Waals surface area contributed by atoms with Crippen molar-refractivity contribution in [3.63, 3.8) is 0 Å². The minimum absolute atomic E-state index is 0.00282. The highest BCUT2D eigenvalue weighted by Gasteiger charge is 2.46. The molecule has 0 unspecified atom stereocenters. The van der Waals surface area contributed by atoms with E-state index in [1.807, 2.05) is 30.3 Å². The standard InChI is InChI=1S/C34H34F7N3O4/c1-20-27(10-9-23(29(20)35)15-22-7-5-4-6-8-22)28-19-32(12-14-45,48-30(42)46)11-13-44(28)31(47)43(3)21(2)24-16-25(33(36,37)38)18-26(17-24)34(39,40)41/h4-10,14,16-18,21,28H,11-13,15,19H2,1-3H3,(H2,42,46)/t21-,28-,32-/m1/s1. The molecule has 4 rings (SSSR count). The van der Waals surface area contributed by atoms with Gasteiger partial charge < -0.3 is 25.1 Å². The number of hydrogen-bond donors (Lipinski definition) is 1. The maximum absolute atomic E-state index is 15.9. The molecule has 0 radical (unpaired) electrons. The van der Waals surface area contributed by atoms with E-state index in [2.05, 4.69) is 0 Å². The van der Waals surface area contributed by atoms with Gasteiger partial charge in [0.25, 0.3) is 0 Å². The number of carbonyl (C=O) groups excluding carboxylic acids is 3. The molecule has 0 bridgehead atoms. The number of carbonyl (C=O) groups is 3. The molecule has 3 aromatic rings. The third kappa shape index (κ3) is 7.91. The van der Waals surface area contributed by atoms with Crippen LogP contribution in [-0.2, 0) is 28.3 Å².